The summed E-state index contributed by atoms with van der Waals surface area (Å²) in [5.41, 5.74) is 5.32. The Bertz CT molecular complexity index is 296. The Morgan fingerprint density at radius 2 is 2.00 bits per heavy atom. The molecule has 0 spiro atoms. The Morgan fingerprint density at radius 3 is 2.56 bits per heavy atom. The van der Waals surface area contributed by atoms with Crippen LogP contribution in [-0.4, -0.2) is 17.9 Å². The number of nitrogens with two attached hydrogens (primary N) is 1. The quantitative estimate of drug-likeness (QED) is 0.536. The molecule has 1 aliphatic rings. The monoisotopic (exact) mass is 252 g/mol. The SMILES string of the molecule is C=CCCC[C@@H](NC(=O)C1CCCCC1)C(N)=O. The maximum Gasteiger partial charge on any atom is 0.239 e. The first-order valence-electron chi connectivity index (χ1n) is 6.85. The number of carbonyl (C=O) groups excluding carboxylic acids is 2. The van der Waals surface area contributed by atoms with Gasteiger partial charge in [0.1, 0.15) is 6.04 Å². The van der Waals surface area contributed by atoms with Gasteiger partial charge in [-0.15, -0.1) is 6.58 Å². The van der Waals surface area contributed by atoms with E-state index in [1.165, 1.54) is 6.42 Å². The number of primary amides is 1. The molecule has 1 atom stereocenters. The number of hydrogen-bond acceptors (Lipinski definition) is 2. The second kappa shape index (κ2) is 7.90. The number of hydrogen-bond donors (Lipinski definition) is 2. The van der Waals surface area contributed by atoms with Crippen LogP contribution >= 0.6 is 0 Å². The lowest BCUT2D eigenvalue weighted by Gasteiger charge is -2.23. The van der Waals surface area contributed by atoms with Crippen molar-refractivity contribution in [2.24, 2.45) is 11.7 Å². The number of unbranched alkanes of at least 4 members (excludes halogenated alkanes) is 1. The van der Waals surface area contributed by atoms with Crippen LogP contribution < -0.4 is 11.1 Å². The summed E-state index contributed by atoms with van der Waals surface area (Å²) in [5.74, 6) is -0.375. The molecule has 0 heterocycles. The number of nitrogens with one attached hydrogen (secondary N) is 1. The first kappa shape index (κ1) is 14.7. The molecule has 0 aromatic carbocycles. The molecule has 0 aliphatic heterocycles. The van der Waals surface area contributed by atoms with E-state index in [1.807, 2.05) is 0 Å². The summed E-state index contributed by atoms with van der Waals surface area (Å²) < 4.78 is 0. The smallest absolute Gasteiger partial charge is 0.239 e. The number of allylic oxidation sites excluding steroid dienone is 1. The van der Waals surface area contributed by atoms with Crippen LogP contribution in [0.4, 0.5) is 0 Å². The molecule has 1 aliphatic carbocycles. The van der Waals surface area contributed by atoms with Crippen molar-refractivity contribution in [3.8, 4) is 0 Å². The topological polar surface area (TPSA) is 72.2 Å². The molecule has 3 N–H and O–H groups in total. The van der Waals surface area contributed by atoms with Gasteiger partial charge in [0.2, 0.25) is 11.8 Å². The lowest BCUT2D eigenvalue weighted by molar-refractivity contribution is -0.130. The Kier molecular flexibility index (Phi) is 6.47. The average molecular weight is 252 g/mol. The van der Waals surface area contributed by atoms with E-state index < -0.39 is 11.9 Å². The first-order chi connectivity index (χ1) is 8.65. The molecule has 1 fully saturated rings. The van der Waals surface area contributed by atoms with Crippen LogP contribution in [-0.2, 0) is 9.59 Å². The van der Waals surface area contributed by atoms with Gasteiger partial charge in [-0.2, -0.15) is 0 Å². The van der Waals surface area contributed by atoms with Crippen molar-refractivity contribution in [3.63, 3.8) is 0 Å². The fraction of sp³-hybridized carbons (Fsp3) is 0.714. The maximum absolute atomic E-state index is 12.0. The van der Waals surface area contributed by atoms with Gasteiger partial charge in [-0.1, -0.05) is 25.3 Å². The van der Waals surface area contributed by atoms with Gasteiger partial charge in [0.15, 0.2) is 0 Å². The largest absolute Gasteiger partial charge is 0.368 e. The van der Waals surface area contributed by atoms with Crippen molar-refractivity contribution < 1.29 is 9.59 Å². The van der Waals surface area contributed by atoms with Crippen molar-refractivity contribution >= 4 is 11.8 Å². The van der Waals surface area contributed by atoms with Gasteiger partial charge in [-0.3, -0.25) is 9.59 Å². The zero-order valence-electron chi connectivity index (χ0n) is 11.0. The summed E-state index contributed by atoms with van der Waals surface area (Å²) in [4.78, 5) is 23.3. The zero-order chi connectivity index (χ0) is 13.4. The molecule has 4 heteroatoms. The van der Waals surface area contributed by atoms with Crippen LogP contribution in [0.3, 0.4) is 0 Å². The Labute approximate surface area is 109 Å². The fourth-order valence-electron chi connectivity index (χ4n) is 2.41. The summed E-state index contributed by atoms with van der Waals surface area (Å²) in [6.07, 6.45) is 9.36. The summed E-state index contributed by atoms with van der Waals surface area (Å²) in [5, 5.41) is 2.80. The number of carbonyl (C=O) groups is 2. The summed E-state index contributed by atoms with van der Waals surface area (Å²) in [6.45, 7) is 3.63. The van der Waals surface area contributed by atoms with E-state index in [1.54, 1.807) is 6.08 Å². The van der Waals surface area contributed by atoms with Gasteiger partial charge in [0.25, 0.3) is 0 Å². The molecule has 102 valence electrons. The highest BCUT2D eigenvalue weighted by Crippen LogP contribution is 2.23. The normalized spacial score (nSPS) is 18.0. The van der Waals surface area contributed by atoms with Gasteiger partial charge in [0.05, 0.1) is 0 Å². The summed E-state index contributed by atoms with van der Waals surface area (Å²) >= 11 is 0. The molecule has 0 unspecified atom stereocenters. The molecule has 4 nitrogen and oxygen atoms in total. The molecule has 18 heavy (non-hydrogen) atoms. The van der Waals surface area contributed by atoms with Crippen LogP contribution in [0.1, 0.15) is 51.4 Å². The fourth-order valence-corrected chi connectivity index (χ4v) is 2.41. The summed E-state index contributed by atoms with van der Waals surface area (Å²) in [7, 11) is 0. The van der Waals surface area contributed by atoms with Crippen molar-refractivity contribution in [3.05, 3.63) is 12.7 Å². The minimum absolute atomic E-state index is 0.00268. The third-order valence-electron chi connectivity index (χ3n) is 3.54. The second-order valence-electron chi connectivity index (χ2n) is 5.02. The summed E-state index contributed by atoms with van der Waals surface area (Å²) in [6, 6.07) is -0.528. The number of amides is 2. The standard InChI is InChI=1S/C14H24N2O2/c1-2-3-5-10-12(13(15)17)16-14(18)11-8-6-4-7-9-11/h2,11-12H,1,3-10H2,(H2,15,17)(H,16,18)/t12-/m1/s1. The van der Waals surface area contributed by atoms with Crippen LogP contribution in [0.2, 0.25) is 0 Å². The molecule has 0 aromatic rings. The van der Waals surface area contributed by atoms with Crippen molar-refractivity contribution in [2.45, 2.75) is 57.4 Å². The van der Waals surface area contributed by atoms with Crippen molar-refractivity contribution in [2.75, 3.05) is 0 Å². The van der Waals surface area contributed by atoms with Crippen LogP contribution in [0.15, 0.2) is 12.7 Å². The van der Waals surface area contributed by atoms with Gasteiger partial charge >= 0.3 is 0 Å². The predicted molar refractivity (Wildman–Crippen MR) is 71.7 cm³/mol. The Hall–Kier alpha value is -1.32. The maximum atomic E-state index is 12.0. The van der Waals surface area contributed by atoms with Crippen LogP contribution in [0.5, 0.6) is 0 Å². The average Bonchev–Trinajstić information content (AvgIpc) is 2.38. The van der Waals surface area contributed by atoms with Crippen molar-refractivity contribution in [1.82, 2.24) is 5.32 Å². The van der Waals surface area contributed by atoms with E-state index in [9.17, 15) is 9.59 Å². The molecule has 0 bridgehead atoms. The third kappa shape index (κ3) is 4.90. The third-order valence-corrected chi connectivity index (χ3v) is 3.54. The van der Waals surface area contributed by atoms with Crippen LogP contribution in [0.25, 0.3) is 0 Å². The van der Waals surface area contributed by atoms with E-state index in [-0.39, 0.29) is 11.8 Å². The van der Waals surface area contributed by atoms with Gasteiger partial charge in [0, 0.05) is 5.92 Å². The predicted octanol–water partition coefficient (Wildman–Crippen LogP) is 1.89. The minimum atomic E-state index is -0.528. The first-order valence-corrected chi connectivity index (χ1v) is 6.85. The zero-order valence-corrected chi connectivity index (χ0v) is 11.0. The molecular weight excluding hydrogens is 228 g/mol. The second-order valence-corrected chi connectivity index (χ2v) is 5.02. The van der Waals surface area contributed by atoms with Crippen molar-refractivity contribution in [1.29, 1.82) is 0 Å². The van der Waals surface area contributed by atoms with E-state index in [4.69, 9.17) is 5.73 Å². The van der Waals surface area contributed by atoms with E-state index in [0.29, 0.717) is 6.42 Å². The van der Waals surface area contributed by atoms with Crippen LogP contribution in [0, 0.1) is 5.92 Å². The molecule has 0 saturated heterocycles. The molecular formula is C14H24N2O2. The highest BCUT2D eigenvalue weighted by atomic mass is 16.2. The highest BCUT2D eigenvalue weighted by Gasteiger charge is 2.25. The van der Waals surface area contributed by atoms with Gasteiger partial charge in [-0.05, 0) is 32.1 Å². The molecule has 0 radical (unpaired) electrons. The molecule has 1 rings (SSSR count). The molecule has 1 saturated carbocycles. The Morgan fingerprint density at radius 1 is 1.33 bits per heavy atom. The lowest BCUT2D eigenvalue weighted by atomic mass is 9.88. The lowest BCUT2D eigenvalue weighted by Crippen LogP contribution is -2.46. The Balaban J connectivity index is 2.41. The highest BCUT2D eigenvalue weighted by molar-refractivity contribution is 5.87. The molecule has 0 aromatic heterocycles. The van der Waals surface area contributed by atoms with E-state index in [2.05, 4.69) is 11.9 Å². The van der Waals surface area contributed by atoms with E-state index >= 15 is 0 Å². The minimum Gasteiger partial charge on any atom is -0.368 e. The van der Waals surface area contributed by atoms with E-state index in [0.717, 1.165) is 38.5 Å². The molecule has 2 amide bonds. The number of rotatable bonds is 7. The van der Waals surface area contributed by atoms with Gasteiger partial charge < -0.3 is 11.1 Å². The van der Waals surface area contributed by atoms with Gasteiger partial charge in [-0.25, -0.2) is 0 Å².